The van der Waals surface area contributed by atoms with Gasteiger partial charge in [-0.05, 0) is 41.3 Å². The monoisotopic (exact) mass is 587 g/mol. The summed E-state index contributed by atoms with van der Waals surface area (Å²) < 4.78 is 54.1. The van der Waals surface area contributed by atoms with Crippen LogP contribution in [0, 0.1) is 6.92 Å². The van der Waals surface area contributed by atoms with Crippen LogP contribution in [-0.4, -0.2) is 47.2 Å². The topological polar surface area (TPSA) is 83.1 Å². The minimum absolute atomic E-state index is 0.217. The van der Waals surface area contributed by atoms with Crippen LogP contribution in [0.5, 0.6) is 0 Å². The van der Waals surface area contributed by atoms with E-state index in [1.54, 1.807) is 31.4 Å². The van der Waals surface area contributed by atoms with E-state index in [2.05, 4.69) is 4.72 Å². The van der Waals surface area contributed by atoms with E-state index in [0.717, 1.165) is 27.8 Å². The van der Waals surface area contributed by atoms with Gasteiger partial charge in [-0.25, -0.2) is 8.42 Å². The molecule has 1 aliphatic rings. The van der Waals surface area contributed by atoms with Crippen LogP contribution < -0.4 is 4.72 Å². The summed E-state index contributed by atoms with van der Waals surface area (Å²) in [6.07, 6.45) is -0.713. The summed E-state index contributed by atoms with van der Waals surface area (Å²) in [5.74, 6) is 0. The molecule has 0 unspecified atom stereocenters. The maximum atomic E-state index is 13.5. The van der Waals surface area contributed by atoms with Gasteiger partial charge < -0.3 is 18.9 Å². The van der Waals surface area contributed by atoms with Gasteiger partial charge in [-0.1, -0.05) is 103 Å². The average molecular weight is 588 g/mol. The molecule has 0 radical (unpaired) electrons. The molecular weight excluding hydrogens is 550 g/mol. The van der Waals surface area contributed by atoms with Crippen LogP contribution >= 0.6 is 0 Å². The summed E-state index contributed by atoms with van der Waals surface area (Å²) in [6, 6.07) is 33.6. The number of benzene rings is 4. The third-order valence-corrected chi connectivity index (χ3v) is 8.75. The van der Waals surface area contributed by atoms with Gasteiger partial charge in [0.2, 0.25) is 10.0 Å². The molecule has 0 amide bonds. The summed E-state index contributed by atoms with van der Waals surface area (Å²) in [7, 11) is -2.18. The molecule has 0 spiro atoms. The van der Waals surface area contributed by atoms with Crippen molar-refractivity contribution in [2.45, 2.75) is 49.4 Å². The SMILES string of the molecule is COC[C@@H]1O[C@H](Cc2ccccc2[C@H](NS(=O)(=O)c2ccc(C)cc2)c2ccccc2)OC[C@@H]1OCc1ccccc1. The van der Waals surface area contributed by atoms with E-state index in [4.69, 9.17) is 18.9 Å². The molecular formula is C34H37NO6S. The Morgan fingerprint density at radius 2 is 1.55 bits per heavy atom. The van der Waals surface area contributed by atoms with Crippen molar-refractivity contribution in [3.05, 3.63) is 137 Å². The number of methoxy groups -OCH3 is 1. The molecule has 0 saturated carbocycles. The third-order valence-electron chi connectivity index (χ3n) is 7.32. The predicted molar refractivity (Wildman–Crippen MR) is 161 cm³/mol. The fourth-order valence-electron chi connectivity index (χ4n) is 5.06. The molecule has 8 heteroatoms. The predicted octanol–water partition coefficient (Wildman–Crippen LogP) is 5.58. The molecule has 1 heterocycles. The standard InChI is InChI=1S/C34H37NO6S/c1-25-17-19-29(20-18-25)42(36,37)35-34(27-13-7-4-8-14-27)30-16-10-9-15-28(30)21-33-40-24-31(32(41-33)23-38-2)39-22-26-11-5-3-6-12-26/h3-20,31-35H,21-24H2,1-2H3/t31-,32-,33+,34+/m0/s1. The Labute approximate surface area is 248 Å². The van der Waals surface area contributed by atoms with Gasteiger partial charge >= 0.3 is 0 Å². The number of rotatable bonds is 12. The fraction of sp³-hybridized carbons (Fsp3) is 0.294. The highest BCUT2D eigenvalue weighted by Gasteiger charge is 2.34. The molecule has 0 aromatic heterocycles. The number of nitrogens with one attached hydrogen (secondary N) is 1. The molecule has 1 N–H and O–H groups in total. The number of hydrogen-bond donors (Lipinski definition) is 1. The first-order valence-corrected chi connectivity index (χ1v) is 15.5. The number of ether oxygens (including phenoxy) is 4. The maximum Gasteiger partial charge on any atom is 0.241 e. The van der Waals surface area contributed by atoms with E-state index in [1.165, 1.54) is 0 Å². The van der Waals surface area contributed by atoms with Crippen molar-refractivity contribution in [1.82, 2.24) is 4.72 Å². The zero-order chi connectivity index (χ0) is 29.4. The molecule has 1 saturated heterocycles. The first kappa shape index (κ1) is 30.1. The molecule has 5 rings (SSSR count). The van der Waals surface area contributed by atoms with Crippen molar-refractivity contribution in [3.63, 3.8) is 0 Å². The van der Waals surface area contributed by atoms with Crippen molar-refractivity contribution in [2.75, 3.05) is 20.3 Å². The van der Waals surface area contributed by atoms with Crippen LogP contribution in [0.1, 0.15) is 33.9 Å². The van der Waals surface area contributed by atoms with E-state index in [9.17, 15) is 8.42 Å². The zero-order valence-corrected chi connectivity index (χ0v) is 24.7. The second kappa shape index (κ2) is 14.2. The van der Waals surface area contributed by atoms with Gasteiger partial charge in [0, 0.05) is 13.5 Å². The van der Waals surface area contributed by atoms with E-state index >= 15 is 0 Å². The molecule has 7 nitrogen and oxygen atoms in total. The van der Waals surface area contributed by atoms with Crippen molar-refractivity contribution in [1.29, 1.82) is 0 Å². The summed E-state index contributed by atoms with van der Waals surface area (Å²) >= 11 is 0. The molecule has 4 aromatic carbocycles. The lowest BCUT2D eigenvalue weighted by Gasteiger charge is -2.36. The zero-order valence-electron chi connectivity index (χ0n) is 23.9. The van der Waals surface area contributed by atoms with Crippen molar-refractivity contribution >= 4 is 10.0 Å². The van der Waals surface area contributed by atoms with Crippen LogP contribution in [-0.2, 0) is 42.0 Å². The molecule has 0 bridgehead atoms. The molecule has 1 fully saturated rings. The van der Waals surface area contributed by atoms with Crippen molar-refractivity contribution in [2.24, 2.45) is 0 Å². The molecule has 42 heavy (non-hydrogen) atoms. The Hall–Kier alpha value is -3.37. The number of sulfonamides is 1. The summed E-state index contributed by atoms with van der Waals surface area (Å²) in [5.41, 5.74) is 4.65. The lowest BCUT2D eigenvalue weighted by Crippen LogP contribution is -2.48. The van der Waals surface area contributed by atoms with E-state index < -0.39 is 22.4 Å². The van der Waals surface area contributed by atoms with Crippen LogP contribution in [0.15, 0.2) is 114 Å². The largest absolute Gasteiger partial charge is 0.382 e. The highest BCUT2D eigenvalue weighted by atomic mass is 32.2. The van der Waals surface area contributed by atoms with Crippen LogP contribution in [0.4, 0.5) is 0 Å². The summed E-state index contributed by atoms with van der Waals surface area (Å²) in [5, 5.41) is 0. The lowest BCUT2D eigenvalue weighted by atomic mass is 9.93. The minimum atomic E-state index is -3.82. The smallest absolute Gasteiger partial charge is 0.241 e. The van der Waals surface area contributed by atoms with Crippen molar-refractivity contribution in [3.8, 4) is 0 Å². The van der Waals surface area contributed by atoms with E-state index in [0.29, 0.717) is 26.2 Å². The van der Waals surface area contributed by atoms with Gasteiger partial charge in [-0.2, -0.15) is 4.72 Å². The van der Waals surface area contributed by atoms with Crippen LogP contribution in [0.3, 0.4) is 0 Å². The van der Waals surface area contributed by atoms with Gasteiger partial charge in [-0.3, -0.25) is 0 Å². The van der Waals surface area contributed by atoms with E-state index in [-0.39, 0.29) is 17.1 Å². The summed E-state index contributed by atoms with van der Waals surface area (Å²) in [6.45, 7) is 3.10. The van der Waals surface area contributed by atoms with Gasteiger partial charge in [-0.15, -0.1) is 0 Å². The third kappa shape index (κ3) is 7.72. The Morgan fingerprint density at radius 3 is 2.26 bits per heavy atom. The molecule has 4 atom stereocenters. The van der Waals surface area contributed by atoms with Crippen LogP contribution in [0.2, 0.25) is 0 Å². The number of aryl methyl sites for hydroxylation is 1. The second-order valence-electron chi connectivity index (χ2n) is 10.4. The van der Waals surface area contributed by atoms with Gasteiger partial charge in [0.25, 0.3) is 0 Å². The summed E-state index contributed by atoms with van der Waals surface area (Å²) in [4.78, 5) is 0.217. The molecule has 220 valence electrons. The fourth-order valence-corrected chi connectivity index (χ4v) is 6.26. The maximum absolute atomic E-state index is 13.5. The lowest BCUT2D eigenvalue weighted by molar-refractivity contribution is -0.269. The first-order chi connectivity index (χ1) is 20.4. The van der Waals surface area contributed by atoms with Gasteiger partial charge in [0.15, 0.2) is 6.29 Å². The van der Waals surface area contributed by atoms with E-state index in [1.807, 2.05) is 91.9 Å². The second-order valence-corrected chi connectivity index (χ2v) is 12.1. The van der Waals surface area contributed by atoms with Crippen LogP contribution in [0.25, 0.3) is 0 Å². The molecule has 4 aromatic rings. The van der Waals surface area contributed by atoms with Gasteiger partial charge in [0.05, 0.1) is 30.8 Å². The highest BCUT2D eigenvalue weighted by molar-refractivity contribution is 7.89. The quantitative estimate of drug-likeness (QED) is 0.233. The average Bonchev–Trinajstić information content (AvgIpc) is 3.01. The van der Waals surface area contributed by atoms with Crippen molar-refractivity contribution < 1.29 is 27.4 Å². The Kier molecular flexibility index (Phi) is 10.2. The normalized spacial score (nSPS) is 19.8. The van der Waals surface area contributed by atoms with Gasteiger partial charge in [0.1, 0.15) is 12.2 Å². The Bertz CT molecular complexity index is 1510. The molecule has 1 aliphatic heterocycles. The Balaban J connectivity index is 1.36. The highest BCUT2D eigenvalue weighted by Crippen LogP contribution is 2.30. The Morgan fingerprint density at radius 1 is 0.881 bits per heavy atom. The minimum Gasteiger partial charge on any atom is -0.382 e. The molecule has 0 aliphatic carbocycles. The number of hydrogen-bond acceptors (Lipinski definition) is 6. The first-order valence-electron chi connectivity index (χ1n) is 14.1.